The molecule has 9 heteroatoms. The molecule has 512 valence electrons. The van der Waals surface area contributed by atoms with E-state index in [2.05, 4.69) is 123 Å². The predicted octanol–water partition coefficient (Wildman–Crippen LogP) is 22.0. The molecule has 0 saturated heterocycles. The number of rotatable bonds is 68. The van der Waals surface area contributed by atoms with Gasteiger partial charge in [0.2, 0.25) is 0 Å². The molecule has 0 aliphatic rings. The summed E-state index contributed by atoms with van der Waals surface area (Å²) in [6, 6.07) is 0. The Hall–Kier alpha value is -4.05. The molecule has 9 nitrogen and oxygen atoms in total. The molecule has 0 aliphatic heterocycles. The molecule has 89 heavy (non-hydrogen) atoms. The molecule has 0 bridgehead atoms. The molecule has 0 aromatic carbocycles. The Morgan fingerprint density at radius 3 is 0.955 bits per heavy atom. The molecule has 0 spiro atoms. The zero-order valence-corrected chi connectivity index (χ0v) is 58.5. The van der Waals surface area contributed by atoms with Crippen LogP contribution in [0.1, 0.15) is 322 Å². The van der Waals surface area contributed by atoms with Crippen molar-refractivity contribution in [3.63, 3.8) is 0 Å². The van der Waals surface area contributed by atoms with Crippen molar-refractivity contribution in [2.75, 3.05) is 47.5 Å². The SMILES string of the molecule is CC/C=C\C/C=C\C/C=C\C/C=C\C/C=C\C/C=C\CCCCCCCCCCCCCCCCCCCCCCC(=O)OC(COC(=O)CCCCCCCCCCCC/C=C\C/C=C\C/C=C\CCCCCCC)COC(OCC[N+](C)(C)C)C(=O)[O-]. The number of carboxylic acid groups (broad SMARTS) is 1. The number of esters is 2. The van der Waals surface area contributed by atoms with Gasteiger partial charge in [0, 0.05) is 12.8 Å². The summed E-state index contributed by atoms with van der Waals surface area (Å²) in [5.74, 6) is -2.28. The zero-order valence-electron chi connectivity index (χ0n) is 58.5. The number of aliphatic carboxylic acids is 1. The molecule has 0 aromatic heterocycles. The van der Waals surface area contributed by atoms with Gasteiger partial charge in [-0.15, -0.1) is 0 Å². The van der Waals surface area contributed by atoms with Gasteiger partial charge in [0.15, 0.2) is 12.4 Å². The molecule has 0 heterocycles. The van der Waals surface area contributed by atoms with E-state index in [9.17, 15) is 19.5 Å². The maximum Gasteiger partial charge on any atom is 0.306 e. The van der Waals surface area contributed by atoms with Crippen LogP contribution in [0.25, 0.3) is 0 Å². The highest BCUT2D eigenvalue weighted by atomic mass is 16.7. The summed E-state index contributed by atoms with van der Waals surface area (Å²) in [6.45, 7) is 4.65. The summed E-state index contributed by atoms with van der Waals surface area (Å²) in [4.78, 5) is 37.5. The number of nitrogens with zero attached hydrogens (tertiary/aromatic N) is 1. The van der Waals surface area contributed by atoms with E-state index in [1.165, 1.54) is 205 Å². The van der Waals surface area contributed by atoms with Crippen molar-refractivity contribution in [3.8, 4) is 0 Å². The van der Waals surface area contributed by atoms with Crippen molar-refractivity contribution < 1.29 is 42.9 Å². The molecule has 0 fully saturated rings. The van der Waals surface area contributed by atoms with Gasteiger partial charge in [-0.2, -0.15) is 0 Å². The topological polar surface area (TPSA) is 111 Å². The lowest BCUT2D eigenvalue weighted by molar-refractivity contribution is -0.870. The van der Waals surface area contributed by atoms with Crippen molar-refractivity contribution in [1.29, 1.82) is 0 Å². The Balaban J connectivity index is 4.05. The van der Waals surface area contributed by atoms with E-state index in [1.807, 2.05) is 21.1 Å². The lowest BCUT2D eigenvalue weighted by Gasteiger charge is -2.26. The number of hydrogen-bond acceptors (Lipinski definition) is 8. The van der Waals surface area contributed by atoms with Crippen LogP contribution in [-0.4, -0.2) is 82.3 Å². The van der Waals surface area contributed by atoms with Crippen LogP contribution >= 0.6 is 0 Å². The first kappa shape index (κ1) is 85.0. The Kier molecular flexibility index (Phi) is 66.7. The number of carbonyl (C=O) groups is 3. The van der Waals surface area contributed by atoms with Gasteiger partial charge in [0.1, 0.15) is 13.2 Å². The van der Waals surface area contributed by atoms with Gasteiger partial charge in [0.25, 0.3) is 0 Å². The minimum Gasteiger partial charge on any atom is -0.545 e. The molecule has 0 amide bonds. The van der Waals surface area contributed by atoms with Crippen molar-refractivity contribution >= 4 is 17.9 Å². The summed E-state index contributed by atoms with van der Waals surface area (Å²) < 4.78 is 22.8. The first-order chi connectivity index (χ1) is 43.6. The van der Waals surface area contributed by atoms with Crippen LogP contribution in [0, 0.1) is 0 Å². The molecule has 0 saturated carbocycles. The standard InChI is InChI=1S/C80H139NO8/c1-6-8-10-12-14-16-18-20-22-24-26-28-30-32-33-34-35-36-37-38-39-40-41-42-43-44-45-47-49-51-53-55-57-59-61-63-65-67-69-71-78(83)89-76(75-88-80(79(84)85)86-73-72-81(3,4)5)74-87-77(82)70-68-66-64-62-60-58-56-54-52-50-48-46-31-29-27-25-23-21-19-17-15-13-11-9-7-2/h8,10,14,16,19-22,25-28,31-33,35-36,46,76,80H,6-7,9,11-13,15,17-18,23-24,29-30,34,37-45,47-75H2,1-5H3/b10-8-,16-14-,21-19-,22-20-,27-25-,28-26-,33-32-,36-35-,46-31-. The highest BCUT2D eigenvalue weighted by Crippen LogP contribution is 2.18. The van der Waals surface area contributed by atoms with Crippen molar-refractivity contribution in [2.24, 2.45) is 0 Å². The number of carboxylic acids is 1. The Bertz CT molecular complexity index is 1830. The maximum absolute atomic E-state index is 13.0. The fraction of sp³-hybridized carbons (Fsp3) is 0.738. The summed E-state index contributed by atoms with van der Waals surface area (Å²) in [5.41, 5.74) is 0. The molecular formula is C80H139NO8. The lowest BCUT2D eigenvalue weighted by Crippen LogP contribution is -2.44. The third-order valence-electron chi connectivity index (χ3n) is 16.0. The number of allylic oxidation sites excluding steroid dienone is 18. The summed E-state index contributed by atoms with van der Waals surface area (Å²) in [6.07, 6.45) is 94.7. The van der Waals surface area contributed by atoms with Gasteiger partial charge < -0.3 is 33.3 Å². The quantitative estimate of drug-likeness (QED) is 0.0195. The van der Waals surface area contributed by atoms with Crippen molar-refractivity contribution in [2.45, 2.75) is 334 Å². The van der Waals surface area contributed by atoms with Gasteiger partial charge in [-0.3, -0.25) is 9.59 Å². The Morgan fingerprint density at radius 1 is 0.348 bits per heavy atom. The maximum atomic E-state index is 13.0. The summed E-state index contributed by atoms with van der Waals surface area (Å²) in [5, 5.41) is 11.8. The van der Waals surface area contributed by atoms with E-state index in [0.717, 1.165) is 83.5 Å². The predicted molar refractivity (Wildman–Crippen MR) is 380 cm³/mol. The average Bonchev–Trinajstić information content (AvgIpc) is 3.64. The van der Waals surface area contributed by atoms with E-state index in [4.69, 9.17) is 18.9 Å². The number of likely N-dealkylation sites (N-methyl/N-ethyl adjacent to an activating group) is 1. The summed E-state index contributed by atoms with van der Waals surface area (Å²) in [7, 11) is 5.93. The minimum atomic E-state index is -1.63. The third kappa shape index (κ3) is 71.3. The third-order valence-corrected chi connectivity index (χ3v) is 16.0. The van der Waals surface area contributed by atoms with Crippen LogP contribution in [0.15, 0.2) is 109 Å². The second kappa shape index (κ2) is 69.8. The van der Waals surface area contributed by atoms with Crippen LogP contribution in [-0.2, 0) is 33.3 Å². The first-order valence-corrected chi connectivity index (χ1v) is 37.0. The Morgan fingerprint density at radius 2 is 0.640 bits per heavy atom. The van der Waals surface area contributed by atoms with E-state index < -0.39 is 24.3 Å². The number of quaternary nitrogens is 1. The minimum absolute atomic E-state index is 0.145. The van der Waals surface area contributed by atoms with Crippen molar-refractivity contribution in [3.05, 3.63) is 109 Å². The molecule has 0 aliphatic carbocycles. The molecule has 2 atom stereocenters. The normalized spacial score (nSPS) is 13.3. The second-order valence-electron chi connectivity index (χ2n) is 25.9. The molecule has 0 rings (SSSR count). The molecular weight excluding hydrogens is 1100 g/mol. The fourth-order valence-corrected chi connectivity index (χ4v) is 10.4. The van der Waals surface area contributed by atoms with Crippen LogP contribution in [0.2, 0.25) is 0 Å². The number of ether oxygens (including phenoxy) is 4. The van der Waals surface area contributed by atoms with Gasteiger partial charge >= 0.3 is 11.9 Å². The van der Waals surface area contributed by atoms with Crippen LogP contribution in [0.5, 0.6) is 0 Å². The largest absolute Gasteiger partial charge is 0.545 e. The smallest absolute Gasteiger partial charge is 0.306 e. The summed E-state index contributed by atoms with van der Waals surface area (Å²) >= 11 is 0. The van der Waals surface area contributed by atoms with Crippen molar-refractivity contribution in [1.82, 2.24) is 0 Å². The number of unbranched alkanes of at least 4 members (excludes halogenated alkanes) is 35. The molecule has 0 radical (unpaired) electrons. The van der Waals surface area contributed by atoms with Crippen LogP contribution < -0.4 is 5.11 Å². The van der Waals surface area contributed by atoms with E-state index >= 15 is 0 Å². The first-order valence-electron chi connectivity index (χ1n) is 37.0. The highest BCUT2D eigenvalue weighted by molar-refractivity contribution is 5.70. The highest BCUT2D eigenvalue weighted by Gasteiger charge is 2.22. The van der Waals surface area contributed by atoms with E-state index in [-0.39, 0.29) is 38.6 Å². The zero-order chi connectivity index (χ0) is 64.7. The van der Waals surface area contributed by atoms with Crippen LogP contribution in [0.3, 0.4) is 0 Å². The van der Waals surface area contributed by atoms with Gasteiger partial charge in [-0.05, 0) is 103 Å². The van der Waals surface area contributed by atoms with E-state index in [0.29, 0.717) is 17.4 Å². The molecule has 0 N–H and O–H groups in total. The lowest BCUT2D eigenvalue weighted by atomic mass is 10.0. The Labute approximate surface area is 549 Å². The van der Waals surface area contributed by atoms with Crippen LogP contribution in [0.4, 0.5) is 0 Å². The average molecular weight is 1240 g/mol. The van der Waals surface area contributed by atoms with E-state index in [1.54, 1.807) is 0 Å². The second-order valence-corrected chi connectivity index (χ2v) is 25.9. The van der Waals surface area contributed by atoms with Gasteiger partial charge in [-0.1, -0.05) is 316 Å². The van der Waals surface area contributed by atoms with Gasteiger partial charge in [-0.25, -0.2) is 0 Å². The monoisotopic (exact) mass is 1240 g/mol. The fourth-order valence-electron chi connectivity index (χ4n) is 10.4. The van der Waals surface area contributed by atoms with Gasteiger partial charge in [0.05, 0.1) is 40.3 Å². The number of hydrogen-bond donors (Lipinski definition) is 0. The number of carbonyl (C=O) groups excluding carboxylic acids is 3. The molecule has 2 unspecified atom stereocenters. The molecule has 0 aromatic rings.